The molecule has 1 aliphatic rings. The summed E-state index contributed by atoms with van der Waals surface area (Å²) in [6.45, 7) is 15.1. The van der Waals surface area contributed by atoms with Gasteiger partial charge in [-0.15, -0.1) is 0 Å². The Kier molecular flexibility index (Phi) is 7.96. The average molecular weight is 375 g/mol. The lowest BCUT2D eigenvalue weighted by atomic mass is 9.85. The van der Waals surface area contributed by atoms with E-state index in [4.69, 9.17) is 9.73 Å². The Morgan fingerprint density at radius 2 is 1.85 bits per heavy atom. The fourth-order valence-corrected chi connectivity index (χ4v) is 3.48. The molecule has 0 aromatic heterocycles. The standard InChI is InChI=1S/C22H38N4O/c1-7-23-21(25-19-12-14-26(15-13-19)17(2)3)24-16-22(4,5)18-8-10-20(27-6)11-9-18/h8-11,17,19H,7,12-16H2,1-6H3,(H2,23,24,25). The highest BCUT2D eigenvalue weighted by Crippen LogP contribution is 2.25. The van der Waals surface area contributed by atoms with E-state index in [1.54, 1.807) is 7.11 Å². The van der Waals surface area contributed by atoms with Gasteiger partial charge in [0, 0.05) is 37.1 Å². The van der Waals surface area contributed by atoms with Gasteiger partial charge < -0.3 is 20.3 Å². The SMILES string of the molecule is CCNC(=NCC(C)(C)c1ccc(OC)cc1)NC1CCN(C(C)C)CC1. The highest BCUT2D eigenvalue weighted by molar-refractivity contribution is 5.80. The molecule has 0 bridgehead atoms. The largest absolute Gasteiger partial charge is 0.497 e. The molecule has 0 saturated carbocycles. The van der Waals surface area contributed by atoms with Crippen LogP contribution in [-0.2, 0) is 5.41 Å². The summed E-state index contributed by atoms with van der Waals surface area (Å²) in [6.07, 6.45) is 2.34. The quantitative estimate of drug-likeness (QED) is 0.567. The van der Waals surface area contributed by atoms with E-state index in [9.17, 15) is 0 Å². The molecule has 0 aliphatic carbocycles. The number of ether oxygens (including phenoxy) is 1. The molecule has 1 aliphatic heterocycles. The number of guanidine groups is 1. The minimum atomic E-state index is -0.0321. The van der Waals surface area contributed by atoms with E-state index in [0.29, 0.717) is 12.1 Å². The summed E-state index contributed by atoms with van der Waals surface area (Å²) in [6, 6.07) is 9.45. The Hall–Kier alpha value is -1.75. The van der Waals surface area contributed by atoms with E-state index in [1.165, 1.54) is 18.4 Å². The van der Waals surface area contributed by atoms with E-state index in [0.717, 1.165) is 37.9 Å². The minimum Gasteiger partial charge on any atom is -0.497 e. The van der Waals surface area contributed by atoms with Crippen LogP contribution in [0.5, 0.6) is 5.75 Å². The summed E-state index contributed by atoms with van der Waals surface area (Å²) in [5, 5.41) is 7.06. The second-order valence-corrected chi connectivity index (χ2v) is 8.36. The Morgan fingerprint density at radius 1 is 1.22 bits per heavy atom. The number of nitrogens with zero attached hydrogens (tertiary/aromatic N) is 2. The van der Waals surface area contributed by atoms with Gasteiger partial charge in [-0.1, -0.05) is 26.0 Å². The molecule has 2 N–H and O–H groups in total. The predicted molar refractivity (Wildman–Crippen MR) is 115 cm³/mol. The second kappa shape index (κ2) is 9.98. The highest BCUT2D eigenvalue weighted by Gasteiger charge is 2.23. The van der Waals surface area contributed by atoms with Gasteiger partial charge >= 0.3 is 0 Å². The lowest BCUT2D eigenvalue weighted by Crippen LogP contribution is -2.50. The monoisotopic (exact) mass is 374 g/mol. The number of methoxy groups -OCH3 is 1. The van der Waals surface area contributed by atoms with Gasteiger partial charge in [0.1, 0.15) is 5.75 Å². The first-order valence-corrected chi connectivity index (χ1v) is 10.3. The number of hydrogen-bond acceptors (Lipinski definition) is 3. The average Bonchev–Trinajstić information content (AvgIpc) is 2.67. The van der Waals surface area contributed by atoms with Crippen LogP contribution < -0.4 is 15.4 Å². The van der Waals surface area contributed by atoms with Crippen molar-refractivity contribution in [2.45, 2.75) is 65.0 Å². The number of rotatable bonds is 7. The number of benzene rings is 1. The fraction of sp³-hybridized carbons (Fsp3) is 0.682. The van der Waals surface area contributed by atoms with Crippen LogP contribution >= 0.6 is 0 Å². The maximum atomic E-state index is 5.27. The summed E-state index contributed by atoms with van der Waals surface area (Å²) in [5.74, 6) is 1.82. The van der Waals surface area contributed by atoms with Crippen molar-refractivity contribution in [1.82, 2.24) is 15.5 Å². The van der Waals surface area contributed by atoms with E-state index in [2.05, 4.69) is 62.3 Å². The van der Waals surface area contributed by atoms with Crippen LogP contribution in [-0.4, -0.2) is 56.2 Å². The Balaban J connectivity index is 1.97. The van der Waals surface area contributed by atoms with Gasteiger partial charge in [0.15, 0.2) is 5.96 Å². The van der Waals surface area contributed by atoms with Gasteiger partial charge in [0.25, 0.3) is 0 Å². The number of aliphatic imine (C=N–C) groups is 1. The topological polar surface area (TPSA) is 48.9 Å². The van der Waals surface area contributed by atoms with Gasteiger partial charge in [-0.05, 0) is 51.3 Å². The molecular weight excluding hydrogens is 336 g/mol. The summed E-state index contributed by atoms with van der Waals surface area (Å²) < 4.78 is 5.27. The molecule has 1 fully saturated rings. The fourth-order valence-electron chi connectivity index (χ4n) is 3.48. The molecule has 0 atom stereocenters. The van der Waals surface area contributed by atoms with Crippen LogP contribution in [0.2, 0.25) is 0 Å². The van der Waals surface area contributed by atoms with Crippen LogP contribution in [0.25, 0.3) is 0 Å². The summed E-state index contributed by atoms with van der Waals surface area (Å²) in [5.41, 5.74) is 1.24. The molecule has 0 unspecified atom stereocenters. The Morgan fingerprint density at radius 3 is 2.37 bits per heavy atom. The van der Waals surface area contributed by atoms with Gasteiger partial charge in [-0.25, -0.2) is 0 Å². The third-order valence-corrected chi connectivity index (χ3v) is 5.45. The maximum absolute atomic E-state index is 5.27. The zero-order valence-corrected chi connectivity index (χ0v) is 18.0. The first kappa shape index (κ1) is 21.5. The van der Waals surface area contributed by atoms with Crippen molar-refractivity contribution in [2.75, 3.05) is 33.3 Å². The highest BCUT2D eigenvalue weighted by atomic mass is 16.5. The van der Waals surface area contributed by atoms with E-state index in [1.807, 2.05) is 12.1 Å². The van der Waals surface area contributed by atoms with Crippen molar-refractivity contribution in [1.29, 1.82) is 0 Å². The molecule has 2 rings (SSSR count). The summed E-state index contributed by atoms with van der Waals surface area (Å²) in [4.78, 5) is 7.45. The summed E-state index contributed by atoms with van der Waals surface area (Å²) >= 11 is 0. The van der Waals surface area contributed by atoms with Crippen molar-refractivity contribution in [3.8, 4) is 5.75 Å². The first-order valence-electron chi connectivity index (χ1n) is 10.3. The molecule has 0 amide bonds. The molecule has 1 aromatic carbocycles. The maximum Gasteiger partial charge on any atom is 0.191 e. The zero-order chi connectivity index (χ0) is 19.9. The third kappa shape index (κ3) is 6.42. The molecule has 152 valence electrons. The van der Waals surface area contributed by atoms with E-state index >= 15 is 0 Å². The number of hydrogen-bond donors (Lipinski definition) is 2. The van der Waals surface area contributed by atoms with Crippen molar-refractivity contribution >= 4 is 5.96 Å². The number of piperidine rings is 1. The van der Waals surface area contributed by atoms with Crippen LogP contribution in [0, 0.1) is 0 Å². The molecule has 5 heteroatoms. The van der Waals surface area contributed by atoms with Crippen LogP contribution in [0.15, 0.2) is 29.3 Å². The van der Waals surface area contributed by atoms with Crippen LogP contribution in [0.4, 0.5) is 0 Å². The Bertz CT molecular complexity index is 587. The molecule has 0 radical (unpaired) electrons. The molecule has 1 aromatic rings. The molecule has 5 nitrogen and oxygen atoms in total. The number of likely N-dealkylation sites (tertiary alicyclic amines) is 1. The Labute approximate surface area is 165 Å². The van der Waals surface area contributed by atoms with E-state index < -0.39 is 0 Å². The van der Waals surface area contributed by atoms with Gasteiger partial charge in [-0.3, -0.25) is 4.99 Å². The van der Waals surface area contributed by atoms with E-state index in [-0.39, 0.29) is 5.41 Å². The van der Waals surface area contributed by atoms with Gasteiger partial charge in [0.2, 0.25) is 0 Å². The van der Waals surface area contributed by atoms with Crippen molar-refractivity contribution < 1.29 is 4.74 Å². The summed E-state index contributed by atoms with van der Waals surface area (Å²) in [7, 11) is 1.70. The van der Waals surface area contributed by atoms with Crippen LogP contribution in [0.3, 0.4) is 0 Å². The lowest BCUT2D eigenvalue weighted by molar-refractivity contribution is 0.167. The van der Waals surface area contributed by atoms with Crippen molar-refractivity contribution in [3.63, 3.8) is 0 Å². The molecule has 0 spiro atoms. The smallest absolute Gasteiger partial charge is 0.191 e. The third-order valence-electron chi connectivity index (χ3n) is 5.45. The van der Waals surface area contributed by atoms with Crippen molar-refractivity contribution in [3.05, 3.63) is 29.8 Å². The molecule has 1 heterocycles. The minimum absolute atomic E-state index is 0.0321. The molecule has 1 saturated heterocycles. The lowest BCUT2D eigenvalue weighted by Gasteiger charge is -2.35. The normalized spacial score (nSPS) is 17.2. The van der Waals surface area contributed by atoms with Crippen molar-refractivity contribution in [2.24, 2.45) is 4.99 Å². The first-order chi connectivity index (χ1) is 12.9. The number of nitrogens with one attached hydrogen (secondary N) is 2. The molecule has 27 heavy (non-hydrogen) atoms. The zero-order valence-electron chi connectivity index (χ0n) is 18.0. The predicted octanol–water partition coefficient (Wildman–Crippen LogP) is 3.40. The van der Waals surface area contributed by atoms with Gasteiger partial charge in [-0.2, -0.15) is 0 Å². The molecular formula is C22H38N4O. The van der Waals surface area contributed by atoms with Crippen LogP contribution in [0.1, 0.15) is 53.0 Å². The second-order valence-electron chi connectivity index (χ2n) is 8.36. The van der Waals surface area contributed by atoms with Gasteiger partial charge in [0.05, 0.1) is 13.7 Å².